The molecule has 2 fully saturated rings. The van der Waals surface area contributed by atoms with Crippen LogP contribution in [-0.2, 0) is 6.54 Å². The number of aromatic nitrogens is 1. The largest absolute Gasteiger partial charge is 0.477 e. The van der Waals surface area contributed by atoms with Crippen molar-refractivity contribution in [1.29, 1.82) is 0 Å². The molecule has 0 bridgehead atoms. The van der Waals surface area contributed by atoms with Crippen LogP contribution in [0.2, 0.25) is 0 Å². The minimum atomic E-state index is 0.731. The van der Waals surface area contributed by atoms with Gasteiger partial charge in [0.1, 0.15) is 0 Å². The fourth-order valence-electron chi connectivity index (χ4n) is 2.98. The standard InChI is InChI=1S/C18H28N4O/c1-14-4-3-9-22(12-14)18(19-2)21-11-16-7-8-17(20-10-16)23-13-15-5-6-15/h7-8,10,14-15H,3-6,9,11-13H2,1-2H3,(H,19,21). The lowest BCUT2D eigenvalue weighted by Gasteiger charge is -2.33. The van der Waals surface area contributed by atoms with Crippen LogP contribution in [-0.4, -0.2) is 42.6 Å². The van der Waals surface area contributed by atoms with E-state index in [1.54, 1.807) is 0 Å². The van der Waals surface area contributed by atoms with Crippen molar-refractivity contribution >= 4 is 5.96 Å². The maximum absolute atomic E-state index is 5.68. The molecule has 2 aliphatic rings. The van der Waals surface area contributed by atoms with E-state index < -0.39 is 0 Å². The summed E-state index contributed by atoms with van der Waals surface area (Å²) in [6.07, 6.45) is 7.06. The third-order valence-corrected chi connectivity index (χ3v) is 4.58. The van der Waals surface area contributed by atoms with Gasteiger partial charge in [-0.1, -0.05) is 13.0 Å². The van der Waals surface area contributed by atoms with Gasteiger partial charge in [-0.3, -0.25) is 4.99 Å². The van der Waals surface area contributed by atoms with E-state index in [2.05, 4.69) is 33.2 Å². The molecule has 23 heavy (non-hydrogen) atoms. The van der Waals surface area contributed by atoms with E-state index >= 15 is 0 Å². The Morgan fingerprint density at radius 2 is 2.26 bits per heavy atom. The van der Waals surface area contributed by atoms with Crippen molar-refractivity contribution < 1.29 is 4.74 Å². The number of rotatable bonds is 5. The Morgan fingerprint density at radius 1 is 1.39 bits per heavy atom. The first-order valence-electron chi connectivity index (χ1n) is 8.78. The second-order valence-electron chi connectivity index (χ2n) is 6.85. The van der Waals surface area contributed by atoms with Gasteiger partial charge in [0.15, 0.2) is 5.96 Å². The van der Waals surface area contributed by atoms with Gasteiger partial charge in [0, 0.05) is 38.9 Å². The molecule has 3 rings (SSSR count). The van der Waals surface area contributed by atoms with E-state index in [1.807, 2.05) is 19.3 Å². The molecule has 0 radical (unpaired) electrons. The Labute approximate surface area is 139 Å². The number of nitrogens with one attached hydrogen (secondary N) is 1. The zero-order valence-electron chi connectivity index (χ0n) is 14.3. The summed E-state index contributed by atoms with van der Waals surface area (Å²) in [5.74, 6) is 3.22. The molecule has 1 aromatic heterocycles. The minimum absolute atomic E-state index is 0.731. The quantitative estimate of drug-likeness (QED) is 0.670. The second-order valence-corrected chi connectivity index (χ2v) is 6.85. The van der Waals surface area contributed by atoms with Crippen molar-refractivity contribution in [3.8, 4) is 5.88 Å². The summed E-state index contributed by atoms with van der Waals surface area (Å²) < 4.78 is 5.68. The number of likely N-dealkylation sites (tertiary alicyclic amines) is 1. The predicted molar refractivity (Wildman–Crippen MR) is 92.6 cm³/mol. The topological polar surface area (TPSA) is 49.8 Å². The first kappa shape index (κ1) is 16.1. The minimum Gasteiger partial charge on any atom is -0.477 e. The number of hydrogen-bond donors (Lipinski definition) is 1. The molecule has 126 valence electrons. The van der Waals surface area contributed by atoms with Gasteiger partial charge >= 0.3 is 0 Å². The van der Waals surface area contributed by atoms with Gasteiger partial charge in [-0.15, -0.1) is 0 Å². The summed E-state index contributed by atoms with van der Waals surface area (Å²) in [5.41, 5.74) is 1.15. The Morgan fingerprint density at radius 3 is 2.91 bits per heavy atom. The molecular weight excluding hydrogens is 288 g/mol. The highest BCUT2D eigenvalue weighted by atomic mass is 16.5. The highest BCUT2D eigenvalue weighted by Gasteiger charge is 2.22. The van der Waals surface area contributed by atoms with Crippen LogP contribution >= 0.6 is 0 Å². The SMILES string of the molecule is CN=C(NCc1ccc(OCC2CC2)nc1)N1CCCC(C)C1. The number of piperidine rings is 1. The second kappa shape index (κ2) is 7.66. The van der Waals surface area contributed by atoms with E-state index in [9.17, 15) is 0 Å². The molecule has 1 unspecified atom stereocenters. The molecule has 5 heteroatoms. The molecule has 0 amide bonds. The summed E-state index contributed by atoms with van der Waals surface area (Å²) in [6.45, 7) is 6.05. The van der Waals surface area contributed by atoms with Gasteiger partial charge in [0.25, 0.3) is 0 Å². The Bertz CT molecular complexity index is 524. The molecule has 1 aromatic rings. The van der Waals surface area contributed by atoms with Gasteiger partial charge in [0.05, 0.1) is 6.61 Å². The van der Waals surface area contributed by atoms with Crippen LogP contribution in [0, 0.1) is 11.8 Å². The molecule has 1 N–H and O–H groups in total. The van der Waals surface area contributed by atoms with Crippen LogP contribution in [0.5, 0.6) is 5.88 Å². The van der Waals surface area contributed by atoms with E-state index in [0.29, 0.717) is 0 Å². The lowest BCUT2D eigenvalue weighted by Crippen LogP contribution is -2.45. The van der Waals surface area contributed by atoms with Crippen LogP contribution in [0.25, 0.3) is 0 Å². The number of aliphatic imine (C=N–C) groups is 1. The average molecular weight is 316 g/mol. The molecule has 1 saturated heterocycles. The molecule has 1 atom stereocenters. The van der Waals surface area contributed by atoms with Gasteiger partial charge in [0.2, 0.25) is 5.88 Å². The maximum atomic E-state index is 5.68. The first-order chi connectivity index (χ1) is 11.2. The van der Waals surface area contributed by atoms with Crippen LogP contribution < -0.4 is 10.1 Å². The fraction of sp³-hybridized carbons (Fsp3) is 0.667. The Hall–Kier alpha value is -1.78. The molecule has 1 aliphatic heterocycles. The average Bonchev–Trinajstić information content (AvgIpc) is 3.39. The van der Waals surface area contributed by atoms with Crippen LogP contribution in [0.15, 0.2) is 23.3 Å². The highest BCUT2D eigenvalue weighted by molar-refractivity contribution is 5.79. The normalized spacial score (nSPS) is 22.1. The van der Waals surface area contributed by atoms with Crippen LogP contribution in [0.3, 0.4) is 0 Å². The van der Waals surface area contributed by atoms with Crippen LogP contribution in [0.4, 0.5) is 0 Å². The molecular formula is C18H28N4O. The first-order valence-corrected chi connectivity index (χ1v) is 8.78. The molecule has 1 saturated carbocycles. The van der Waals surface area contributed by atoms with E-state index in [-0.39, 0.29) is 0 Å². The lowest BCUT2D eigenvalue weighted by molar-refractivity contribution is 0.266. The van der Waals surface area contributed by atoms with Gasteiger partial charge in [-0.2, -0.15) is 0 Å². The van der Waals surface area contributed by atoms with Crippen molar-refractivity contribution in [3.63, 3.8) is 0 Å². The van der Waals surface area contributed by atoms with Crippen molar-refractivity contribution in [2.45, 2.75) is 39.2 Å². The number of ether oxygens (including phenoxy) is 1. The number of pyridine rings is 1. The smallest absolute Gasteiger partial charge is 0.213 e. The third kappa shape index (κ3) is 4.85. The summed E-state index contributed by atoms with van der Waals surface area (Å²) in [6, 6.07) is 4.04. The van der Waals surface area contributed by atoms with Gasteiger partial charge < -0.3 is 15.0 Å². The summed E-state index contributed by atoms with van der Waals surface area (Å²) >= 11 is 0. The Kier molecular flexibility index (Phi) is 5.36. The summed E-state index contributed by atoms with van der Waals surface area (Å²) in [5, 5.41) is 3.45. The number of guanidine groups is 1. The van der Waals surface area contributed by atoms with Crippen molar-refractivity contribution in [2.24, 2.45) is 16.8 Å². The van der Waals surface area contributed by atoms with Crippen molar-refractivity contribution in [3.05, 3.63) is 23.9 Å². The van der Waals surface area contributed by atoms with Gasteiger partial charge in [-0.05, 0) is 43.1 Å². The number of nitrogens with zero attached hydrogens (tertiary/aromatic N) is 3. The Balaban J connectivity index is 1.47. The van der Waals surface area contributed by atoms with E-state index in [4.69, 9.17) is 4.74 Å². The van der Waals surface area contributed by atoms with Gasteiger partial charge in [-0.25, -0.2) is 4.98 Å². The fourth-order valence-corrected chi connectivity index (χ4v) is 2.98. The zero-order chi connectivity index (χ0) is 16.1. The molecule has 2 heterocycles. The molecule has 1 aliphatic carbocycles. The van der Waals surface area contributed by atoms with E-state index in [0.717, 1.165) is 55.5 Å². The molecule has 0 spiro atoms. The third-order valence-electron chi connectivity index (χ3n) is 4.58. The number of hydrogen-bond acceptors (Lipinski definition) is 3. The van der Waals surface area contributed by atoms with Crippen molar-refractivity contribution in [1.82, 2.24) is 15.2 Å². The predicted octanol–water partition coefficient (Wildman–Crippen LogP) is 2.68. The summed E-state index contributed by atoms with van der Waals surface area (Å²) in [4.78, 5) is 11.2. The van der Waals surface area contributed by atoms with Crippen LogP contribution in [0.1, 0.15) is 38.2 Å². The van der Waals surface area contributed by atoms with Crippen molar-refractivity contribution in [2.75, 3.05) is 26.7 Å². The monoisotopic (exact) mass is 316 g/mol. The highest BCUT2D eigenvalue weighted by Crippen LogP contribution is 2.29. The molecule has 5 nitrogen and oxygen atoms in total. The maximum Gasteiger partial charge on any atom is 0.213 e. The molecule has 0 aromatic carbocycles. The zero-order valence-corrected chi connectivity index (χ0v) is 14.3. The summed E-state index contributed by atoms with van der Waals surface area (Å²) in [7, 11) is 1.86. The van der Waals surface area contributed by atoms with E-state index in [1.165, 1.54) is 25.7 Å². The lowest BCUT2D eigenvalue weighted by atomic mass is 10.0.